The fourth-order valence-corrected chi connectivity index (χ4v) is 3.42. The van der Waals surface area contributed by atoms with E-state index in [9.17, 15) is 0 Å². The molecule has 2 nitrogen and oxygen atoms in total. The first-order valence-electron chi connectivity index (χ1n) is 7.17. The molecule has 1 aliphatic heterocycles. The first-order valence-corrected chi connectivity index (χ1v) is 7.99. The molecule has 102 valence electrons. The lowest BCUT2D eigenvalue weighted by atomic mass is 9.99. The Kier molecular flexibility index (Phi) is 5.22. The van der Waals surface area contributed by atoms with Gasteiger partial charge < -0.3 is 10.2 Å². The smallest absolute Gasteiger partial charge is 0.0386 e. The van der Waals surface area contributed by atoms with Crippen LogP contribution >= 0.6 is 11.3 Å². The van der Waals surface area contributed by atoms with E-state index in [2.05, 4.69) is 43.1 Å². The number of nitrogens with zero attached hydrogens (tertiary/aromatic N) is 1. The number of thiophene rings is 1. The van der Waals surface area contributed by atoms with Crippen LogP contribution in [0.3, 0.4) is 0 Å². The number of hydrogen-bond donors (Lipinski definition) is 1. The van der Waals surface area contributed by atoms with E-state index in [1.54, 1.807) is 0 Å². The highest BCUT2D eigenvalue weighted by Crippen LogP contribution is 2.22. The molecule has 0 spiro atoms. The SMILES string of the molecule is Cc1ccc(C(C)NCCN2CCC(C)CC2)s1. The van der Waals surface area contributed by atoms with E-state index in [1.807, 2.05) is 11.3 Å². The minimum atomic E-state index is 0.493. The first-order chi connectivity index (χ1) is 8.65. The van der Waals surface area contributed by atoms with Crippen LogP contribution in [0.15, 0.2) is 12.1 Å². The number of piperidine rings is 1. The van der Waals surface area contributed by atoms with E-state index < -0.39 is 0 Å². The Morgan fingerprint density at radius 1 is 1.39 bits per heavy atom. The van der Waals surface area contributed by atoms with Crippen molar-refractivity contribution >= 4 is 11.3 Å². The van der Waals surface area contributed by atoms with Crippen LogP contribution in [0.2, 0.25) is 0 Å². The van der Waals surface area contributed by atoms with Crippen LogP contribution < -0.4 is 5.32 Å². The third-order valence-corrected chi connectivity index (χ3v) is 5.13. The summed E-state index contributed by atoms with van der Waals surface area (Å²) >= 11 is 1.91. The Morgan fingerprint density at radius 3 is 2.72 bits per heavy atom. The molecule has 0 aromatic carbocycles. The molecule has 1 unspecified atom stereocenters. The molecule has 1 aromatic heterocycles. The predicted molar refractivity (Wildman–Crippen MR) is 80.3 cm³/mol. The van der Waals surface area contributed by atoms with E-state index in [0.717, 1.165) is 12.5 Å². The quantitative estimate of drug-likeness (QED) is 0.878. The standard InChI is InChI=1S/C15H26N2S/c1-12-6-9-17(10-7-12)11-8-16-14(3)15-5-4-13(2)18-15/h4-5,12,14,16H,6-11H2,1-3H3. The molecule has 1 atom stereocenters. The molecule has 0 bridgehead atoms. The maximum atomic E-state index is 3.64. The van der Waals surface area contributed by atoms with Crippen molar-refractivity contribution in [3.8, 4) is 0 Å². The molecular weight excluding hydrogens is 240 g/mol. The van der Waals surface area contributed by atoms with Gasteiger partial charge >= 0.3 is 0 Å². The van der Waals surface area contributed by atoms with Gasteiger partial charge in [-0.15, -0.1) is 11.3 Å². The molecule has 1 aromatic rings. The topological polar surface area (TPSA) is 15.3 Å². The monoisotopic (exact) mass is 266 g/mol. The molecule has 1 fully saturated rings. The zero-order valence-electron chi connectivity index (χ0n) is 11.9. The van der Waals surface area contributed by atoms with Gasteiger partial charge in [0.05, 0.1) is 0 Å². The van der Waals surface area contributed by atoms with Crippen LogP contribution in [0.5, 0.6) is 0 Å². The fourth-order valence-electron chi connectivity index (χ4n) is 2.51. The maximum absolute atomic E-state index is 3.64. The van der Waals surface area contributed by atoms with Crippen molar-refractivity contribution in [2.75, 3.05) is 26.2 Å². The van der Waals surface area contributed by atoms with Crippen molar-refractivity contribution in [2.45, 2.75) is 39.7 Å². The van der Waals surface area contributed by atoms with E-state index in [4.69, 9.17) is 0 Å². The Hall–Kier alpha value is -0.380. The normalized spacial score (nSPS) is 20.2. The van der Waals surface area contributed by atoms with Gasteiger partial charge in [-0.05, 0) is 57.8 Å². The summed E-state index contributed by atoms with van der Waals surface area (Å²) < 4.78 is 0. The van der Waals surface area contributed by atoms with E-state index in [-0.39, 0.29) is 0 Å². The number of nitrogens with one attached hydrogen (secondary N) is 1. The molecule has 3 heteroatoms. The molecule has 0 aliphatic carbocycles. The molecule has 0 saturated carbocycles. The molecule has 1 N–H and O–H groups in total. The number of aryl methyl sites for hydroxylation is 1. The van der Waals surface area contributed by atoms with E-state index in [1.165, 1.54) is 42.2 Å². The van der Waals surface area contributed by atoms with Crippen LogP contribution in [-0.4, -0.2) is 31.1 Å². The Labute approximate surface area is 115 Å². The lowest BCUT2D eigenvalue weighted by Gasteiger charge is -2.30. The van der Waals surface area contributed by atoms with Gasteiger partial charge in [-0.3, -0.25) is 0 Å². The molecule has 1 saturated heterocycles. The van der Waals surface area contributed by atoms with Crippen LogP contribution in [0.1, 0.15) is 42.5 Å². The van der Waals surface area contributed by atoms with Crippen molar-refractivity contribution in [1.82, 2.24) is 10.2 Å². The summed E-state index contributed by atoms with van der Waals surface area (Å²) in [6.45, 7) is 11.7. The second-order valence-corrected chi connectivity index (χ2v) is 6.97. The van der Waals surface area contributed by atoms with E-state index in [0.29, 0.717) is 6.04 Å². The average molecular weight is 266 g/mol. The Bertz CT molecular complexity index is 353. The number of likely N-dealkylation sites (tertiary alicyclic amines) is 1. The summed E-state index contributed by atoms with van der Waals surface area (Å²) in [5.74, 6) is 0.933. The maximum Gasteiger partial charge on any atom is 0.0386 e. The lowest BCUT2D eigenvalue weighted by molar-refractivity contribution is 0.191. The van der Waals surface area contributed by atoms with Gasteiger partial charge in [-0.1, -0.05) is 6.92 Å². The van der Waals surface area contributed by atoms with Crippen LogP contribution in [0, 0.1) is 12.8 Å². The summed E-state index contributed by atoms with van der Waals surface area (Å²) in [6.07, 6.45) is 2.75. The van der Waals surface area contributed by atoms with Gasteiger partial charge in [0.2, 0.25) is 0 Å². The summed E-state index contributed by atoms with van der Waals surface area (Å²) in [6, 6.07) is 4.96. The van der Waals surface area contributed by atoms with Gasteiger partial charge in [0.25, 0.3) is 0 Å². The third kappa shape index (κ3) is 4.08. The third-order valence-electron chi connectivity index (χ3n) is 3.94. The van der Waals surface area contributed by atoms with Gasteiger partial charge in [-0.2, -0.15) is 0 Å². The zero-order valence-corrected chi connectivity index (χ0v) is 12.7. The molecule has 2 rings (SSSR count). The summed E-state index contributed by atoms with van der Waals surface area (Å²) in [4.78, 5) is 5.46. The van der Waals surface area contributed by atoms with Crippen LogP contribution in [-0.2, 0) is 0 Å². The minimum absolute atomic E-state index is 0.493. The highest BCUT2D eigenvalue weighted by molar-refractivity contribution is 7.12. The van der Waals surface area contributed by atoms with Crippen molar-refractivity contribution in [2.24, 2.45) is 5.92 Å². The van der Waals surface area contributed by atoms with Crippen molar-refractivity contribution in [3.05, 3.63) is 21.9 Å². The van der Waals surface area contributed by atoms with Gasteiger partial charge in [-0.25, -0.2) is 0 Å². The lowest BCUT2D eigenvalue weighted by Crippen LogP contribution is -2.38. The van der Waals surface area contributed by atoms with Gasteiger partial charge in [0.15, 0.2) is 0 Å². The van der Waals surface area contributed by atoms with E-state index >= 15 is 0 Å². The van der Waals surface area contributed by atoms with Crippen LogP contribution in [0.25, 0.3) is 0 Å². The average Bonchev–Trinajstić information content (AvgIpc) is 2.78. The summed E-state index contributed by atoms with van der Waals surface area (Å²) in [5.41, 5.74) is 0. The Balaban J connectivity index is 1.66. The highest BCUT2D eigenvalue weighted by atomic mass is 32.1. The van der Waals surface area contributed by atoms with Crippen LogP contribution in [0.4, 0.5) is 0 Å². The molecule has 2 heterocycles. The largest absolute Gasteiger partial charge is 0.308 e. The molecule has 1 aliphatic rings. The second kappa shape index (κ2) is 6.69. The second-order valence-electron chi connectivity index (χ2n) is 5.65. The molecule has 0 amide bonds. The number of rotatable bonds is 5. The Morgan fingerprint density at radius 2 is 2.11 bits per heavy atom. The fraction of sp³-hybridized carbons (Fsp3) is 0.733. The van der Waals surface area contributed by atoms with Crippen molar-refractivity contribution in [3.63, 3.8) is 0 Å². The zero-order chi connectivity index (χ0) is 13.0. The van der Waals surface area contributed by atoms with Gasteiger partial charge in [0.1, 0.15) is 0 Å². The molecular formula is C15H26N2S. The highest BCUT2D eigenvalue weighted by Gasteiger charge is 2.15. The van der Waals surface area contributed by atoms with Gasteiger partial charge in [0, 0.05) is 28.9 Å². The molecule has 18 heavy (non-hydrogen) atoms. The minimum Gasteiger partial charge on any atom is -0.308 e. The first kappa shape index (κ1) is 14.0. The summed E-state index contributed by atoms with van der Waals surface area (Å²) in [7, 11) is 0. The molecule has 0 radical (unpaired) electrons. The van der Waals surface area contributed by atoms with Crippen molar-refractivity contribution < 1.29 is 0 Å². The number of hydrogen-bond acceptors (Lipinski definition) is 3. The summed E-state index contributed by atoms with van der Waals surface area (Å²) in [5, 5.41) is 3.64. The van der Waals surface area contributed by atoms with Crippen molar-refractivity contribution in [1.29, 1.82) is 0 Å². The predicted octanol–water partition coefficient (Wildman–Crippen LogP) is 3.44.